The molecule has 3 saturated heterocycles. The van der Waals surface area contributed by atoms with Crippen molar-refractivity contribution < 1.29 is 33.8 Å². The molecule has 304 valence electrons. The van der Waals surface area contributed by atoms with Gasteiger partial charge in [-0.15, -0.1) is 0 Å². The van der Waals surface area contributed by atoms with E-state index in [0.29, 0.717) is 57.3 Å². The van der Waals surface area contributed by atoms with E-state index in [4.69, 9.17) is 32.7 Å². The average Bonchev–Trinajstić information content (AvgIpc) is 3.65. The number of nitrogens with one attached hydrogen (secondary N) is 1. The number of anilines is 3. The minimum Gasteiger partial charge on any atom is -0.507 e. The van der Waals surface area contributed by atoms with Gasteiger partial charge in [0.15, 0.2) is 0 Å². The van der Waals surface area contributed by atoms with Crippen molar-refractivity contribution in [3.63, 3.8) is 0 Å². The zero-order valence-corrected chi connectivity index (χ0v) is 34.0. The molecule has 1 saturated carbocycles. The van der Waals surface area contributed by atoms with Gasteiger partial charge in [0.25, 0.3) is 11.8 Å². The molecule has 0 bridgehead atoms. The van der Waals surface area contributed by atoms with Gasteiger partial charge in [0.05, 0.1) is 59.9 Å². The Hall–Kier alpha value is -5.88. The zero-order chi connectivity index (χ0) is 41.4. The van der Waals surface area contributed by atoms with E-state index in [2.05, 4.69) is 10.3 Å². The number of carbonyl (C=O) groups excluding carboxylic acids is 4. The first-order valence-electron chi connectivity index (χ1n) is 20.1. The Morgan fingerprint density at radius 3 is 2.23 bits per heavy atom. The molecule has 4 fully saturated rings. The number of aromatic hydroxyl groups is 1. The molecule has 13 heteroatoms. The summed E-state index contributed by atoms with van der Waals surface area (Å²) in [5.74, 6) is -4.82. The van der Waals surface area contributed by atoms with Crippen molar-refractivity contribution in [3.05, 3.63) is 136 Å². The predicted molar refractivity (Wildman–Crippen MR) is 228 cm³/mol. The number of hydrogen-bond acceptors (Lipinski definition) is 9. The number of halogens is 2. The monoisotopic (exact) mass is 842 g/mol. The number of rotatable bonds is 7. The van der Waals surface area contributed by atoms with Crippen LogP contribution in [0.5, 0.6) is 11.5 Å². The van der Waals surface area contributed by atoms with Crippen molar-refractivity contribution >= 4 is 74.7 Å². The number of phenols is 1. The van der Waals surface area contributed by atoms with Crippen molar-refractivity contribution in [1.82, 2.24) is 5.01 Å². The summed E-state index contributed by atoms with van der Waals surface area (Å²) in [5.41, 5.74) is 5.37. The number of fused-ring (bicyclic) bond motifs is 5. The highest BCUT2D eigenvalue weighted by Crippen LogP contribution is 2.65. The second-order valence-electron chi connectivity index (χ2n) is 16.1. The van der Waals surface area contributed by atoms with Crippen molar-refractivity contribution in [1.29, 1.82) is 0 Å². The Morgan fingerprint density at radius 1 is 0.800 bits per heavy atom. The summed E-state index contributed by atoms with van der Waals surface area (Å²) >= 11 is 12.9. The summed E-state index contributed by atoms with van der Waals surface area (Å²) in [6, 6.07) is 30.3. The van der Waals surface area contributed by atoms with Crippen LogP contribution in [0.25, 0.3) is 10.8 Å². The summed E-state index contributed by atoms with van der Waals surface area (Å²) in [5, 5.41) is 14.1. The second-order valence-corrected chi connectivity index (χ2v) is 16.9. The molecule has 0 aromatic heterocycles. The topological polar surface area (TPSA) is 129 Å². The van der Waals surface area contributed by atoms with Gasteiger partial charge in [-0.3, -0.25) is 29.5 Å². The van der Waals surface area contributed by atoms with Crippen LogP contribution in [0.2, 0.25) is 10.0 Å². The molecule has 0 spiro atoms. The van der Waals surface area contributed by atoms with Crippen LogP contribution in [-0.2, 0) is 29.3 Å². The number of carbonyl (C=O) groups is 4. The van der Waals surface area contributed by atoms with Crippen LogP contribution in [0, 0.1) is 23.7 Å². The van der Waals surface area contributed by atoms with Crippen LogP contribution >= 0.6 is 23.2 Å². The van der Waals surface area contributed by atoms with E-state index in [1.54, 1.807) is 37.4 Å². The normalized spacial score (nSPS) is 26.2. The van der Waals surface area contributed by atoms with Crippen LogP contribution in [0.1, 0.15) is 29.9 Å². The molecule has 60 heavy (non-hydrogen) atoms. The summed E-state index contributed by atoms with van der Waals surface area (Å²) in [6.07, 6.45) is 2.41. The lowest BCUT2D eigenvalue weighted by Crippen LogP contribution is -2.53. The molecule has 2 N–H and O–H groups in total. The van der Waals surface area contributed by atoms with E-state index in [1.165, 1.54) is 11.0 Å². The molecule has 4 amide bonds. The highest BCUT2D eigenvalue weighted by Gasteiger charge is 2.70. The quantitative estimate of drug-likeness (QED) is 0.124. The zero-order valence-electron chi connectivity index (χ0n) is 32.5. The Balaban J connectivity index is 1.14. The van der Waals surface area contributed by atoms with Gasteiger partial charge in [-0.2, -0.15) is 5.01 Å². The molecule has 3 aliphatic heterocycles. The Morgan fingerprint density at radius 2 is 1.52 bits per heavy atom. The first-order valence-corrected chi connectivity index (χ1v) is 20.8. The number of allylic oxidation sites excluding steroid dienone is 2. The van der Waals surface area contributed by atoms with Gasteiger partial charge in [-0.25, -0.2) is 0 Å². The number of ether oxygens (including phenoxy) is 2. The lowest BCUT2D eigenvalue weighted by atomic mass is 9.49. The SMILES string of the molecule is COc1ccc([C@@]23C(=O)N(Nc4ccc(Cl)cc4Cl)C(=O)[C@@H]2C[C@@H]2C(=CC[C@@H]4C(=O)N(c5ccc(N6CCOCC6)cc5)C(=O)[C@@H]42)[C@@H]3c2ccc(O)c3ccccc23)cc1. The molecule has 3 heterocycles. The van der Waals surface area contributed by atoms with Gasteiger partial charge < -0.3 is 19.5 Å². The molecule has 0 radical (unpaired) electrons. The second kappa shape index (κ2) is 14.7. The van der Waals surface area contributed by atoms with Crippen molar-refractivity contribution in [2.45, 2.75) is 24.2 Å². The number of amides is 4. The molecule has 5 aromatic rings. The number of imide groups is 2. The number of benzene rings is 5. The van der Waals surface area contributed by atoms with E-state index in [0.717, 1.165) is 29.4 Å². The van der Waals surface area contributed by atoms with E-state index in [9.17, 15) is 14.7 Å². The first kappa shape index (κ1) is 38.3. The van der Waals surface area contributed by atoms with Crippen molar-refractivity contribution in [2.24, 2.45) is 23.7 Å². The smallest absolute Gasteiger partial charge is 0.260 e. The maximum Gasteiger partial charge on any atom is 0.260 e. The van der Waals surface area contributed by atoms with Gasteiger partial charge in [0, 0.05) is 35.1 Å². The highest BCUT2D eigenvalue weighted by molar-refractivity contribution is 6.36. The standard InChI is InChI=1S/C47H40Cl2N4O7/c1-59-30-13-6-26(7-14-30)47-37(44(56)53(46(47)58)50-39-18-8-27(48)24-38(39)49)25-36-34(42(47)33-17-19-40(54)32-5-3-2-4-31(32)33)15-16-35-41(36)45(57)52(43(35)55)29-11-9-28(10-12-29)51-20-22-60-23-21-51/h2-15,17-19,24,35-37,41-42,50,54H,16,20-23,25H2,1H3/t35-,36+,37-,41-,42-,47+/m0/s1. The van der Waals surface area contributed by atoms with E-state index < -0.39 is 46.8 Å². The van der Waals surface area contributed by atoms with Gasteiger partial charge in [-0.1, -0.05) is 77.3 Å². The van der Waals surface area contributed by atoms with Crippen molar-refractivity contribution in [2.75, 3.05) is 48.6 Å². The highest BCUT2D eigenvalue weighted by atomic mass is 35.5. The number of nitrogens with zero attached hydrogens (tertiary/aromatic N) is 3. The molecule has 5 aromatic carbocycles. The van der Waals surface area contributed by atoms with E-state index in [1.807, 2.05) is 72.8 Å². The molecule has 10 rings (SSSR count). The fraction of sp³-hybridized carbons (Fsp3) is 0.277. The third kappa shape index (κ3) is 5.73. The Bertz CT molecular complexity index is 2630. The molecule has 2 aliphatic carbocycles. The third-order valence-electron chi connectivity index (χ3n) is 13.3. The summed E-state index contributed by atoms with van der Waals surface area (Å²) in [4.78, 5) is 63.8. The number of phenolic OH excluding ortho intramolecular Hbond substituents is 1. The number of hydrazine groups is 1. The minimum atomic E-state index is -1.55. The average molecular weight is 844 g/mol. The predicted octanol–water partition coefficient (Wildman–Crippen LogP) is 7.89. The Kier molecular flexibility index (Phi) is 9.38. The maximum atomic E-state index is 15.7. The summed E-state index contributed by atoms with van der Waals surface area (Å²) < 4.78 is 11.1. The maximum absolute atomic E-state index is 15.7. The van der Waals surface area contributed by atoms with Crippen molar-refractivity contribution in [3.8, 4) is 11.5 Å². The fourth-order valence-electron chi connectivity index (χ4n) is 10.6. The summed E-state index contributed by atoms with van der Waals surface area (Å²) in [7, 11) is 1.56. The van der Waals surface area contributed by atoms with Gasteiger partial charge in [-0.05, 0) is 95.9 Å². The van der Waals surface area contributed by atoms with Crippen LogP contribution in [0.15, 0.2) is 115 Å². The van der Waals surface area contributed by atoms with Gasteiger partial charge in [0.2, 0.25) is 11.8 Å². The molecule has 11 nitrogen and oxygen atoms in total. The van der Waals surface area contributed by atoms with Crippen LogP contribution in [0.3, 0.4) is 0 Å². The van der Waals surface area contributed by atoms with Gasteiger partial charge >= 0.3 is 0 Å². The Labute approximate surface area is 356 Å². The fourth-order valence-corrected chi connectivity index (χ4v) is 11.1. The lowest BCUT2D eigenvalue weighted by molar-refractivity contribution is -0.138. The first-order chi connectivity index (χ1) is 29.1. The van der Waals surface area contributed by atoms with Crippen LogP contribution < -0.4 is 20.0 Å². The lowest BCUT2D eigenvalue weighted by Gasteiger charge is -2.51. The minimum absolute atomic E-state index is 0.0655. The van der Waals surface area contributed by atoms with Crippen LogP contribution in [0.4, 0.5) is 17.1 Å². The van der Waals surface area contributed by atoms with E-state index >= 15 is 9.59 Å². The van der Waals surface area contributed by atoms with Crippen LogP contribution in [-0.4, -0.2) is 67.2 Å². The van der Waals surface area contributed by atoms with Gasteiger partial charge in [0.1, 0.15) is 11.5 Å². The molecule has 0 unspecified atom stereocenters. The molecular weight excluding hydrogens is 803 g/mol. The molecule has 6 atom stereocenters. The summed E-state index contributed by atoms with van der Waals surface area (Å²) in [6.45, 7) is 2.75. The third-order valence-corrected chi connectivity index (χ3v) is 13.9. The number of methoxy groups -OCH3 is 1. The number of hydrogen-bond donors (Lipinski definition) is 2. The molecule has 5 aliphatic rings. The largest absolute Gasteiger partial charge is 0.507 e. The molecular formula is C47H40Cl2N4O7. The van der Waals surface area contributed by atoms with E-state index in [-0.39, 0.29) is 35.4 Å². The number of morpholine rings is 1.